The van der Waals surface area contributed by atoms with E-state index >= 15 is 0 Å². The lowest BCUT2D eigenvalue weighted by molar-refractivity contribution is 0.0303. The van der Waals surface area contributed by atoms with Gasteiger partial charge in [-0.05, 0) is 31.4 Å². The van der Waals surface area contributed by atoms with Crippen LogP contribution in [0.4, 0.5) is 0 Å². The summed E-state index contributed by atoms with van der Waals surface area (Å²) in [7, 11) is 0. The maximum Gasteiger partial charge on any atom is 0.0781 e. The number of hydrogen-bond donors (Lipinski definition) is 2. The Morgan fingerprint density at radius 2 is 1.74 bits per heavy atom. The highest BCUT2D eigenvalue weighted by Crippen LogP contribution is 2.35. The Morgan fingerprint density at radius 3 is 2.26 bits per heavy atom. The molecule has 1 atom stereocenters. The van der Waals surface area contributed by atoms with Crippen LogP contribution in [0.15, 0.2) is 12.1 Å². The molecule has 0 aliphatic carbocycles. The molecule has 0 saturated heterocycles. The highest BCUT2D eigenvalue weighted by molar-refractivity contribution is 6.48. The van der Waals surface area contributed by atoms with E-state index in [4.69, 9.17) is 34.8 Å². The molecule has 1 unspecified atom stereocenters. The predicted molar refractivity (Wildman–Crippen MR) is 83.4 cm³/mol. The van der Waals surface area contributed by atoms with Crippen LogP contribution in [0.1, 0.15) is 45.2 Å². The summed E-state index contributed by atoms with van der Waals surface area (Å²) in [5.41, 5.74) is 0.197. The average Bonchev–Trinajstić information content (AvgIpc) is 2.42. The van der Waals surface area contributed by atoms with Gasteiger partial charge in [0, 0.05) is 12.6 Å². The molecule has 0 radical (unpaired) electrons. The van der Waals surface area contributed by atoms with Crippen LogP contribution in [0.5, 0.6) is 0 Å². The summed E-state index contributed by atoms with van der Waals surface area (Å²) in [4.78, 5) is 0. The zero-order valence-corrected chi connectivity index (χ0v) is 13.7. The third-order valence-corrected chi connectivity index (χ3v) is 4.89. The lowest BCUT2D eigenvalue weighted by Gasteiger charge is -2.28. The van der Waals surface area contributed by atoms with E-state index in [2.05, 4.69) is 5.32 Å². The SMILES string of the molecule is CCC(O)(CC)CNC(C)c1ccc(Cl)c(Cl)c1Cl. The van der Waals surface area contributed by atoms with Gasteiger partial charge in [0.2, 0.25) is 0 Å². The van der Waals surface area contributed by atoms with Crippen LogP contribution in [0.2, 0.25) is 15.1 Å². The molecule has 0 saturated carbocycles. The zero-order valence-electron chi connectivity index (χ0n) is 11.4. The second kappa shape index (κ2) is 7.14. The first kappa shape index (κ1) is 17.1. The summed E-state index contributed by atoms with van der Waals surface area (Å²) in [5.74, 6) is 0. The van der Waals surface area contributed by atoms with Crippen molar-refractivity contribution in [2.45, 2.75) is 45.3 Å². The maximum absolute atomic E-state index is 10.2. The monoisotopic (exact) mass is 323 g/mol. The van der Waals surface area contributed by atoms with E-state index < -0.39 is 5.60 Å². The molecular weight excluding hydrogens is 305 g/mol. The smallest absolute Gasteiger partial charge is 0.0781 e. The van der Waals surface area contributed by atoms with Crippen LogP contribution in [-0.4, -0.2) is 17.3 Å². The van der Waals surface area contributed by atoms with Gasteiger partial charge in [-0.2, -0.15) is 0 Å². The summed E-state index contributed by atoms with van der Waals surface area (Å²) >= 11 is 18.1. The molecule has 1 rings (SSSR count). The average molecular weight is 325 g/mol. The van der Waals surface area contributed by atoms with Gasteiger partial charge in [0.1, 0.15) is 0 Å². The van der Waals surface area contributed by atoms with Gasteiger partial charge in [0.05, 0.1) is 20.7 Å². The quantitative estimate of drug-likeness (QED) is 0.733. The summed E-state index contributed by atoms with van der Waals surface area (Å²) in [6.45, 7) is 6.44. The van der Waals surface area contributed by atoms with E-state index in [0.717, 1.165) is 5.56 Å². The normalized spacial score (nSPS) is 13.6. The van der Waals surface area contributed by atoms with Crippen molar-refractivity contribution in [1.82, 2.24) is 5.32 Å². The van der Waals surface area contributed by atoms with Crippen molar-refractivity contribution in [3.8, 4) is 0 Å². The molecule has 0 amide bonds. The van der Waals surface area contributed by atoms with E-state index in [1.807, 2.05) is 26.8 Å². The Hall–Kier alpha value is 0.01000. The number of aliphatic hydroxyl groups is 1. The summed E-state index contributed by atoms with van der Waals surface area (Å²) < 4.78 is 0. The van der Waals surface area contributed by atoms with Gasteiger partial charge < -0.3 is 10.4 Å². The molecule has 0 aliphatic rings. The fourth-order valence-corrected chi connectivity index (χ4v) is 2.53. The standard InChI is InChI=1S/C14H20Cl3NO/c1-4-14(19,5-2)8-18-9(3)10-6-7-11(15)13(17)12(10)16/h6-7,9,18-19H,4-5,8H2,1-3H3. The topological polar surface area (TPSA) is 32.3 Å². The summed E-state index contributed by atoms with van der Waals surface area (Å²) in [5, 5.41) is 14.8. The van der Waals surface area contributed by atoms with Crippen molar-refractivity contribution in [2.75, 3.05) is 6.54 Å². The molecule has 0 spiro atoms. The highest BCUT2D eigenvalue weighted by atomic mass is 35.5. The van der Waals surface area contributed by atoms with Gasteiger partial charge >= 0.3 is 0 Å². The Balaban J connectivity index is 2.79. The number of nitrogens with one attached hydrogen (secondary N) is 1. The minimum Gasteiger partial charge on any atom is -0.389 e. The van der Waals surface area contributed by atoms with Gasteiger partial charge in [-0.15, -0.1) is 0 Å². The van der Waals surface area contributed by atoms with Gasteiger partial charge in [0.25, 0.3) is 0 Å². The zero-order chi connectivity index (χ0) is 14.6. The van der Waals surface area contributed by atoms with E-state index in [1.165, 1.54) is 0 Å². The molecule has 2 N–H and O–H groups in total. The lowest BCUT2D eigenvalue weighted by Crippen LogP contribution is -2.40. The number of hydrogen-bond acceptors (Lipinski definition) is 2. The van der Waals surface area contributed by atoms with Crippen LogP contribution in [0, 0.1) is 0 Å². The van der Waals surface area contributed by atoms with Crippen LogP contribution in [-0.2, 0) is 0 Å². The number of rotatable bonds is 6. The Bertz CT molecular complexity index is 433. The van der Waals surface area contributed by atoms with Crippen LogP contribution in [0.3, 0.4) is 0 Å². The van der Waals surface area contributed by atoms with Crippen molar-refractivity contribution in [3.05, 3.63) is 32.8 Å². The molecule has 0 fully saturated rings. The third kappa shape index (κ3) is 4.24. The van der Waals surface area contributed by atoms with Gasteiger partial charge in [-0.3, -0.25) is 0 Å². The first-order valence-electron chi connectivity index (χ1n) is 6.43. The van der Waals surface area contributed by atoms with Crippen molar-refractivity contribution in [3.63, 3.8) is 0 Å². The Kier molecular flexibility index (Phi) is 6.41. The molecule has 108 valence electrons. The molecule has 0 aromatic heterocycles. The number of halogens is 3. The molecule has 19 heavy (non-hydrogen) atoms. The van der Waals surface area contributed by atoms with E-state index in [9.17, 15) is 5.11 Å². The molecule has 0 heterocycles. The van der Waals surface area contributed by atoms with E-state index in [1.54, 1.807) is 6.07 Å². The van der Waals surface area contributed by atoms with Crippen LogP contribution >= 0.6 is 34.8 Å². The molecule has 1 aromatic carbocycles. The summed E-state index contributed by atoms with van der Waals surface area (Å²) in [6, 6.07) is 3.58. The fourth-order valence-electron chi connectivity index (χ4n) is 1.83. The molecular formula is C14H20Cl3NO. The lowest BCUT2D eigenvalue weighted by atomic mass is 9.96. The molecule has 0 aliphatic heterocycles. The maximum atomic E-state index is 10.2. The van der Waals surface area contributed by atoms with Crippen molar-refractivity contribution >= 4 is 34.8 Å². The highest BCUT2D eigenvalue weighted by Gasteiger charge is 2.23. The van der Waals surface area contributed by atoms with Gasteiger partial charge in [-0.25, -0.2) is 0 Å². The molecule has 2 nitrogen and oxygen atoms in total. The van der Waals surface area contributed by atoms with Gasteiger partial charge in [-0.1, -0.05) is 54.7 Å². The minimum atomic E-state index is -0.684. The second-order valence-corrected chi connectivity index (χ2v) is 5.96. The van der Waals surface area contributed by atoms with E-state index in [-0.39, 0.29) is 6.04 Å². The Labute approximate surface area is 130 Å². The fraction of sp³-hybridized carbons (Fsp3) is 0.571. The van der Waals surface area contributed by atoms with Crippen molar-refractivity contribution in [2.24, 2.45) is 0 Å². The second-order valence-electron chi connectivity index (χ2n) is 4.80. The molecule has 0 bridgehead atoms. The Morgan fingerprint density at radius 1 is 1.16 bits per heavy atom. The first-order chi connectivity index (χ1) is 8.84. The molecule has 5 heteroatoms. The number of benzene rings is 1. The first-order valence-corrected chi connectivity index (χ1v) is 7.57. The van der Waals surface area contributed by atoms with Crippen LogP contribution < -0.4 is 5.32 Å². The van der Waals surface area contributed by atoms with Crippen molar-refractivity contribution in [1.29, 1.82) is 0 Å². The summed E-state index contributed by atoms with van der Waals surface area (Å²) in [6.07, 6.45) is 1.41. The predicted octanol–water partition coefficient (Wildman–Crippen LogP) is 4.85. The van der Waals surface area contributed by atoms with Crippen LogP contribution in [0.25, 0.3) is 0 Å². The van der Waals surface area contributed by atoms with Gasteiger partial charge in [0.15, 0.2) is 0 Å². The molecule has 1 aromatic rings. The van der Waals surface area contributed by atoms with E-state index in [0.29, 0.717) is 34.5 Å². The van der Waals surface area contributed by atoms with Crippen molar-refractivity contribution < 1.29 is 5.11 Å². The minimum absolute atomic E-state index is 0.00751. The third-order valence-electron chi connectivity index (χ3n) is 3.59. The largest absolute Gasteiger partial charge is 0.389 e.